The van der Waals surface area contributed by atoms with Crippen LogP contribution < -0.4 is 0 Å². The van der Waals surface area contributed by atoms with Crippen molar-refractivity contribution in [1.29, 1.82) is 0 Å². The Kier molecular flexibility index (Phi) is 3.03. The van der Waals surface area contributed by atoms with Crippen molar-refractivity contribution in [2.45, 2.75) is 34.3 Å². The molecule has 0 amide bonds. The monoisotopic (exact) mass is 230 g/mol. The molecule has 2 aromatic rings. The molecule has 1 N–H and O–H groups in total. The summed E-state index contributed by atoms with van der Waals surface area (Å²) < 4.78 is 1.96. The molecule has 0 aliphatic heterocycles. The van der Waals surface area contributed by atoms with E-state index in [0.717, 1.165) is 22.5 Å². The van der Waals surface area contributed by atoms with Crippen LogP contribution in [-0.2, 0) is 6.61 Å². The van der Waals surface area contributed by atoms with Crippen LogP contribution in [0.1, 0.15) is 28.1 Å². The first-order valence-electron chi connectivity index (χ1n) is 5.78. The predicted molar refractivity (Wildman–Crippen MR) is 68.4 cm³/mol. The van der Waals surface area contributed by atoms with Gasteiger partial charge in [-0.3, -0.25) is 0 Å². The highest BCUT2D eigenvalue weighted by atomic mass is 16.3. The summed E-state index contributed by atoms with van der Waals surface area (Å²) in [5.41, 5.74) is 6.56. The molecule has 1 aromatic heterocycles. The molecule has 3 nitrogen and oxygen atoms in total. The molecule has 0 atom stereocenters. The van der Waals surface area contributed by atoms with E-state index in [1.165, 1.54) is 11.3 Å². The summed E-state index contributed by atoms with van der Waals surface area (Å²) in [5.74, 6) is 0. The average Bonchev–Trinajstić information content (AvgIpc) is 2.57. The van der Waals surface area contributed by atoms with Gasteiger partial charge in [-0.25, -0.2) is 4.68 Å². The second-order valence-corrected chi connectivity index (χ2v) is 4.48. The lowest BCUT2D eigenvalue weighted by molar-refractivity contribution is 0.281. The van der Waals surface area contributed by atoms with E-state index in [1.54, 1.807) is 0 Å². The molecule has 0 saturated heterocycles. The number of aliphatic hydroxyl groups excluding tert-OH is 1. The standard InChI is InChI=1S/C14H18N2O/c1-9-7-14(6-5-13(9)8-17)16-12(4)10(2)11(3)15-16/h5-7,17H,8H2,1-4H3. The van der Waals surface area contributed by atoms with Gasteiger partial charge in [-0.2, -0.15) is 5.10 Å². The number of rotatable bonds is 2. The molecule has 90 valence electrons. The first-order valence-corrected chi connectivity index (χ1v) is 5.78. The Morgan fingerprint density at radius 3 is 2.35 bits per heavy atom. The van der Waals surface area contributed by atoms with Crippen molar-refractivity contribution < 1.29 is 5.11 Å². The molecular weight excluding hydrogens is 212 g/mol. The molecule has 0 saturated carbocycles. The lowest BCUT2D eigenvalue weighted by Crippen LogP contribution is -2.01. The van der Waals surface area contributed by atoms with E-state index in [0.29, 0.717) is 0 Å². The van der Waals surface area contributed by atoms with Gasteiger partial charge in [-0.05, 0) is 56.5 Å². The highest BCUT2D eigenvalue weighted by Gasteiger charge is 2.09. The molecule has 0 aliphatic carbocycles. The molecule has 1 heterocycles. The largest absolute Gasteiger partial charge is 0.392 e. The fraction of sp³-hybridized carbons (Fsp3) is 0.357. The van der Waals surface area contributed by atoms with Crippen LogP contribution in [0.4, 0.5) is 0 Å². The maximum atomic E-state index is 9.16. The van der Waals surface area contributed by atoms with E-state index in [9.17, 15) is 0 Å². The minimum atomic E-state index is 0.0856. The van der Waals surface area contributed by atoms with Gasteiger partial charge in [-0.1, -0.05) is 6.07 Å². The van der Waals surface area contributed by atoms with Gasteiger partial charge >= 0.3 is 0 Å². The number of aromatic nitrogens is 2. The van der Waals surface area contributed by atoms with Gasteiger partial charge in [-0.15, -0.1) is 0 Å². The van der Waals surface area contributed by atoms with Gasteiger partial charge in [0.15, 0.2) is 0 Å². The summed E-state index contributed by atoms with van der Waals surface area (Å²) in [4.78, 5) is 0. The van der Waals surface area contributed by atoms with E-state index >= 15 is 0 Å². The van der Waals surface area contributed by atoms with Crippen molar-refractivity contribution in [2.24, 2.45) is 0 Å². The molecule has 1 aromatic carbocycles. The second kappa shape index (κ2) is 4.34. The summed E-state index contributed by atoms with van der Waals surface area (Å²) >= 11 is 0. The van der Waals surface area contributed by atoms with Crippen molar-refractivity contribution >= 4 is 0 Å². The maximum Gasteiger partial charge on any atom is 0.0684 e. The molecule has 0 radical (unpaired) electrons. The highest BCUT2D eigenvalue weighted by Crippen LogP contribution is 2.19. The molecule has 3 heteroatoms. The predicted octanol–water partition coefficient (Wildman–Crippen LogP) is 2.60. The van der Waals surface area contributed by atoms with Crippen LogP contribution in [-0.4, -0.2) is 14.9 Å². The molecule has 0 spiro atoms. The number of aliphatic hydroxyl groups is 1. The molecule has 2 rings (SSSR count). The van der Waals surface area contributed by atoms with Crippen LogP contribution in [0.25, 0.3) is 5.69 Å². The number of hydrogen-bond acceptors (Lipinski definition) is 2. The Bertz CT molecular complexity index is 556. The van der Waals surface area contributed by atoms with E-state index < -0.39 is 0 Å². The van der Waals surface area contributed by atoms with Crippen LogP contribution in [0.3, 0.4) is 0 Å². The zero-order valence-electron chi connectivity index (χ0n) is 10.8. The van der Waals surface area contributed by atoms with E-state index in [-0.39, 0.29) is 6.61 Å². The summed E-state index contributed by atoms with van der Waals surface area (Å²) in [6.07, 6.45) is 0. The summed E-state index contributed by atoms with van der Waals surface area (Å²) in [6.45, 7) is 8.28. The van der Waals surface area contributed by atoms with Gasteiger partial charge in [0.25, 0.3) is 0 Å². The lowest BCUT2D eigenvalue weighted by Gasteiger charge is -2.08. The van der Waals surface area contributed by atoms with Crippen LogP contribution in [0.5, 0.6) is 0 Å². The normalized spacial score (nSPS) is 10.9. The van der Waals surface area contributed by atoms with Crippen LogP contribution in [0.2, 0.25) is 0 Å². The van der Waals surface area contributed by atoms with Crippen LogP contribution >= 0.6 is 0 Å². The quantitative estimate of drug-likeness (QED) is 0.861. The fourth-order valence-electron chi connectivity index (χ4n) is 1.96. The molecule has 0 aliphatic rings. The third-order valence-electron chi connectivity index (χ3n) is 3.39. The highest BCUT2D eigenvalue weighted by molar-refractivity contribution is 5.42. The smallest absolute Gasteiger partial charge is 0.0684 e. The molecule has 0 fully saturated rings. The number of aryl methyl sites for hydroxylation is 2. The molecular formula is C14H18N2O. The van der Waals surface area contributed by atoms with Gasteiger partial charge in [0.1, 0.15) is 0 Å². The number of hydrogen-bond donors (Lipinski definition) is 1. The Hall–Kier alpha value is -1.61. The second-order valence-electron chi connectivity index (χ2n) is 4.48. The Morgan fingerprint density at radius 2 is 1.88 bits per heavy atom. The maximum absolute atomic E-state index is 9.16. The average molecular weight is 230 g/mol. The third-order valence-corrected chi connectivity index (χ3v) is 3.39. The minimum Gasteiger partial charge on any atom is -0.392 e. The van der Waals surface area contributed by atoms with Gasteiger partial charge < -0.3 is 5.11 Å². The van der Waals surface area contributed by atoms with Crippen molar-refractivity contribution in [2.75, 3.05) is 0 Å². The molecule has 0 bridgehead atoms. The van der Waals surface area contributed by atoms with Crippen molar-refractivity contribution in [3.63, 3.8) is 0 Å². The van der Waals surface area contributed by atoms with Crippen molar-refractivity contribution in [3.8, 4) is 5.69 Å². The van der Waals surface area contributed by atoms with Gasteiger partial charge in [0.05, 0.1) is 18.0 Å². The third kappa shape index (κ3) is 1.98. The Labute approximate surface area is 102 Å². The minimum absolute atomic E-state index is 0.0856. The zero-order chi connectivity index (χ0) is 12.6. The van der Waals surface area contributed by atoms with E-state index in [4.69, 9.17) is 5.11 Å². The fourth-order valence-corrected chi connectivity index (χ4v) is 1.96. The number of benzene rings is 1. The first-order chi connectivity index (χ1) is 8.04. The van der Waals surface area contributed by atoms with Crippen molar-refractivity contribution in [1.82, 2.24) is 9.78 Å². The van der Waals surface area contributed by atoms with Gasteiger partial charge in [0.2, 0.25) is 0 Å². The van der Waals surface area contributed by atoms with Crippen LogP contribution in [0, 0.1) is 27.7 Å². The first kappa shape index (κ1) is 11.9. The SMILES string of the molecule is Cc1cc(-n2nc(C)c(C)c2C)ccc1CO. The topological polar surface area (TPSA) is 38.0 Å². The summed E-state index contributed by atoms with van der Waals surface area (Å²) in [6, 6.07) is 6.01. The van der Waals surface area contributed by atoms with Crippen LogP contribution in [0.15, 0.2) is 18.2 Å². The summed E-state index contributed by atoms with van der Waals surface area (Å²) in [5, 5.41) is 13.7. The molecule has 17 heavy (non-hydrogen) atoms. The van der Waals surface area contributed by atoms with Gasteiger partial charge in [0, 0.05) is 5.69 Å². The van der Waals surface area contributed by atoms with E-state index in [2.05, 4.69) is 25.0 Å². The zero-order valence-corrected chi connectivity index (χ0v) is 10.8. The Morgan fingerprint density at radius 1 is 1.18 bits per heavy atom. The van der Waals surface area contributed by atoms with E-state index in [1.807, 2.05) is 30.7 Å². The molecule has 0 unspecified atom stereocenters. The Balaban J connectivity index is 2.53. The number of nitrogens with zero attached hydrogens (tertiary/aromatic N) is 2. The van der Waals surface area contributed by atoms with Crippen molar-refractivity contribution in [3.05, 3.63) is 46.3 Å². The summed E-state index contributed by atoms with van der Waals surface area (Å²) in [7, 11) is 0. The lowest BCUT2D eigenvalue weighted by atomic mass is 10.1.